The SMILES string of the molecule is COc1ccc(NC(=O)[C@H]2CCN(c3cccc(C)c3C)C2=O)c(OC)c1. The van der Waals surface area contributed by atoms with Crippen molar-refractivity contribution in [3.8, 4) is 11.5 Å². The van der Waals surface area contributed by atoms with Gasteiger partial charge in [-0.1, -0.05) is 12.1 Å². The molecule has 6 heteroatoms. The van der Waals surface area contributed by atoms with Crippen LogP contribution in [-0.2, 0) is 9.59 Å². The number of carbonyl (C=O) groups is 2. The summed E-state index contributed by atoms with van der Waals surface area (Å²) in [6.45, 7) is 4.54. The molecule has 1 saturated heterocycles. The van der Waals surface area contributed by atoms with Crippen molar-refractivity contribution < 1.29 is 19.1 Å². The van der Waals surface area contributed by atoms with Crippen LogP contribution in [0.1, 0.15) is 17.5 Å². The first-order chi connectivity index (χ1) is 13.0. The number of nitrogens with zero attached hydrogens (tertiary/aromatic N) is 1. The van der Waals surface area contributed by atoms with Gasteiger partial charge in [-0.15, -0.1) is 0 Å². The Hall–Kier alpha value is -3.02. The summed E-state index contributed by atoms with van der Waals surface area (Å²) in [5.74, 6) is -0.0934. The molecule has 0 unspecified atom stereocenters. The van der Waals surface area contributed by atoms with Crippen molar-refractivity contribution >= 4 is 23.2 Å². The van der Waals surface area contributed by atoms with Crippen LogP contribution in [0.25, 0.3) is 0 Å². The Balaban J connectivity index is 1.77. The van der Waals surface area contributed by atoms with Crippen LogP contribution in [0.5, 0.6) is 11.5 Å². The summed E-state index contributed by atoms with van der Waals surface area (Å²) in [5.41, 5.74) is 3.57. The van der Waals surface area contributed by atoms with E-state index in [1.165, 1.54) is 7.11 Å². The summed E-state index contributed by atoms with van der Waals surface area (Å²) in [6, 6.07) is 11.0. The maximum Gasteiger partial charge on any atom is 0.239 e. The number of benzene rings is 2. The standard InChI is InChI=1S/C21H24N2O4/c1-13-6-5-7-18(14(13)2)23-11-10-16(21(23)25)20(24)22-17-9-8-15(26-3)12-19(17)27-4/h5-9,12,16H,10-11H2,1-4H3,(H,22,24)/t16-/m1/s1. The van der Waals surface area contributed by atoms with Crippen LogP contribution in [0, 0.1) is 19.8 Å². The van der Waals surface area contributed by atoms with Crippen molar-refractivity contribution in [1.29, 1.82) is 0 Å². The van der Waals surface area contributed by atoms with E-state index in [-0.39, 0.29) is 11.8 Å². The van der Waals surface area contributed by atoms with E-state index >= 15 is 0 Å². The predicted octanol–water partition coefficient (Wildman–Crippen LogP) is 3.31. The zero-order valence-corrected chi connectivity index (χ0v) is 16.0. The van der Waals surface area contributed by atoms with E-state index in [4.69, 9.17) is 9.47 Å². The number of nitrogens with one attached hydrogen (secondary N) is 1. The van der Waals surface area contributed by atoms with Crippen LogP contribution < -0.4 is 19.7 Å². The van der Waals surface area contributed by atoms with Crippen molar-refractivity contribution in [2.45, 2.75) is 20.3 Å². The Morgan fingerprint density at radius 3 is 2.63 bits per heavy atom. The topological polar surface area (TPSA) is 67.9 Å². The number of hydrogen-bond acceptors (Lipinski definition) is 4. The van der Waals surface area contributed by atoms with Crippen LogP contribution in [0.4, 0.5) is 11.4 Å². The Bertz CT molecular complexity index is 878. The molecular formula is C21H24N2O4. The molecule has 1 N–H and O–H groups in total. The van der Waals surface area contributed by atoms with Gasteiger partial charge in [0, 0.05) is 18.3 Å². The minimum atomic E-state index is -0.711. The normalized spacial score (nSPS) is 16.4. The number of amides is 2. The lowest BCUT2D eigenvalue weighted by molar-refractivity contribution is -0.129. The minimum absolute atomic E-state index is 0.173. The van der Waals surface area contributed by atoms with E-state index < -0.39 is 5.92 Å². The second kappa shape index (κ2) is 7.70. The molecule has 2 amide bonds. The third kappa shape index (κ3) is 3.60. The summed E-state index contributed by atoms with van der Waals surface area (Å²) in [7, 11) is 3.08. The second-order valence-corrected chi connectivity index (χ2v) is 6.61. The largest absolute Gasteiger partial charge is 0.497 e. The van der Waals surface area contributed by atoms with Gasteiger partial charge in [-0.05, 0) is 49.6 Å². The molecule has 1 atom stereocenters. The van der Waals surface area contributed by atoms with E-state index in [0.29, 0.717) is 30.2 Å². The minimum Gasteiger partial charge on any atom is -0.497 e. The van der Waals surface area contributed by atoms with Crippen molar-refractivity contribution in [3.63, 3.8) is 0 Å². The fraction of sp³-hybridized carbons (Fsp3) is 0.333. The third-order valence-electron chi connectivity index (χ3n) is 5.06. The Kier molecular flexibility index (Phi) is 5.35. The summed E-state index contributed by atoms with van der Waals surface area (Å²) in [5, 5.41) is 2.82. The monoisotopic (exact) mass is 368 g/mol. The fourth-order valence-corrected chi connectivity index (χ4v) is 3.31. The average Bonchev–Trinajstić information content (AvgIpc) is 3.05. The van der Waals surface area contributed by atoms with Gasteiger partial charge in [0.2, 0.25) is 11.8 Å². The van der Waals surface area contributed by atoms with Gasteiger partial charge in [0.1, 0.15) is 17.4 Å². The lowest BCUT2D eigenvalue weighted by Crippen LogP contribution is -2.33. The molecule has 6 nitrogen and oxygen atoms in total. The summed E-state index contributed by atoms with van der Waals surface area (Å²) in [6.07, 6.45) is 0.483. The van der Waals surface area contributed by atoms with E-state index in [1.54, 1.807) is 30.2 Å². The van der Waals surface area contributed by atoms with E-state index in [2.05, 4.69) is 5.32 Å². The molecule has 0 saturated carbocycles. The van der Waals surface area contributed by atoms with Crippen LogP contribution >= 0.6 is 0 Å². The van der Waals surface area contributed by atoms with Gasteiger partial charge in [-0.2, -0.15) is 0 Å². The van der Waals surface area contributed by atoms with Crippen molar-refractivity contribution in [3.05, 3.63) is 47.5 Å². The number of hydrogen-bond donors (Lipinski definition) is 1. The molecule has 0 aromatic heterocycles. The lowest BCUT2D eigenvalue weighted by Gasteiger charge is -2.20. The summed E-state index contributed by atoms with van der Waals surface area (Å²) in [4.78, 5) is 27.3. The van der Waals surface area contributed by atoms with Crippen LogP contribution in [-0.4, -0.2) is 32.6 Å². The van der Waals surface area contributed by atoms with E-state index in [1.807, 2.05) is 32.0 Å². The zero-order chi connectivity index (χ0) is 19.6. The predicted molar refractivity (Wildman–Crippen MR) is 105 cm³/mol. The molecule has 0 radical (unpaired) electrons. The van der Waals surface area contributed by atoms with Crippen LogP contribution in [0.3, 0.4) is 0 Å². The third-order valence-corrected chi connectivity index (χ3v) is 5.06. The molecule has 1 aliphatic heterocycles. The molecule has 0 spiro atoms. The Morgan fingerprint density at radius 2 is 1.93 bits per heavy atom. The highest BCUT2D eigenvalue weighted by atomic mass is 16.5. The molecule has 1 fully saturated rings. The van der Waals surface area contributed by atoms with Gasteiger partial charge in [0.05, 0.1) is 19.9 Å². The molecule has 2 aromatic carbocycles. The van der Waals surface area contributed by atoms with Crippen molar-refractivity contribution in [1.82, 2.24) is 0 Å². The van der Waals surface area contributed by atoms with Gasteiger partial charge in [0.25, 0.3) is 0 Å². The molecule has 0 bridgehead atoms. The number of anilines is 2. The van der Waals surface area contributed by atoms with Gasteiger partial charge in [-0.3, -0.25) is 9.59 Å². The Labute approximate surface area is 159 Å². The smallest absolute Gasteiger partial charge is 0.239 e. The highest BCUT2D eigenvalue weighted by Gasteiger charge is 2.38. The lowest BCUT2D eigenvalue weighted by atomic mass is 10.1. The number of methoxy groups -OCH3 is 2. The van der Waals surface area contributed by atoms with Crippen LogP contribution in [0.15, 0.2) is 36.4 Å². The fourth-order valence-electron chi connectivity index (χ4n) is 3.31. The number of carbonyl (C=O) groups excluding carboxylic acids is 2. The van der Waals surface area contributed by atoms with Gasteiger partial charge < -0.3 is 19.7 Å². The molecule has 1 aliphatic rings. The van der Waals surface area contributed by atoms with Crippen molar-refractivity contribution in [2.75, 3.05) is 31.0 Å². The first-order valence-electron chi connectivity index (χ1n) is 8.86. The average molecular weight is 368 g/mol. The molecule has 142 valence electrons. The van der Waals surface area contributed by atoms with Gasteiger partial charge in [-0.25, -0.2) is 0 Å². The Morgan fingerprint density at radius 1 is 1.15 bits per heavy atom. The highest BCUT2D eigenvalue weighted by molar-refractivity contribution is 6.13. The number of rotatable bonds is 5. The molecule has 3 rings (SSSR count). The van der Waals surface area contributed by atoms with Gasteiger partial charge >= 0.3 is 0 Å². The highest BCUT2D eigenvalue weighted by Crippen LogP contribution is 2.32. The van der Waals surface area contributed by atoms with E-state index in [0.717, 1.165) is 16.8 Å². The molecule has 2 aromatic rings. The van der Waals surface area contributed by atoms with Crippen molar-refractivity contribution in [2.24, 2.45) is 5.92 Å². The molecule has 27 heavy (non-hydrogen) atoms. The van der Waals surface area contributed by atoms with Crippen LogP contribution in [0.2, 0.25) is 0 Å². The maximum atomic E-state index is 12.9. The summed E-state index contributed by atoms with van der Waals surface area (Å²) < 4.78 is 10.5. The van der Waals surface area contributed by atoms with Gasteiger partial charge in [0.15, 0.2) is 0 Å². The number of ether oxygens (including phenoxy) is 2. The van der Waals surface area contributed by atoms with E-state index in [9.17, 15) is 9.59 Å². The summed E-state index contributed by atoms with van der Waals surface area (Å²) >= 11 is 0. The molecule has 1 heterocycles. The first kappa shape index (κ1) is 18.8. The maximum absolute atomic E-state index is 12.9. The quantitative estimate of drug-likeness (QED) is 0.822. The second-order valence-electron chi connectivity index (χ2n) is 6.61. The molecular weight excluding hydrogens is 344 g/mol. The zero-order valence-electron chi connectivity index (χ0n) is 16.0. The number of aryl methyl sites for hydroxylation is 1. The molecule has 0 aliphatic carbocycles. The first-order valence-corrected chi connectivity index (χ1v) is 8.86.